The van der Waals surface area contributed by atoms with E-state index in [0.717, 1.165) is 34.1 Å². The first kappa shape index (κ1) is 25.8. The lowest BCUT2D eigenvalue weighted by Crippen LogP contribution is -2.33. The Morgan fingerprint density at radius 1 is 1.10 bits per heavy atom. The van der Waals surface area contributed by atoms with Crippen molar-refractivity contribution in [2.45, 2.75) is 32.4 Å². The molecule has 2 atom stereocenters. The molecule has 8 nitrogen and oxygen atoms in total. The van der Waals surface area contributed by atoms with Crippen LogP contribution in [0.5, 0.6) is 11.5 Å². The number of anilines is 1. The number of aryl methyl sites for hydroxylation is 1. The maximum absolute atomic E-state index is 14.1. The van der Waals surface area contributed by atoms with Gasteiger partial charge in [0, 0.05) is 42.3 Å². The van der Waals surface area contributed by atoms with Crippen LogP contribution in [0.1, 0.15) is 41.1 Å². The van der Waals surface area contributed by atoms with Gasteiger partial charge in [-0.15, -0.1) is 0 Å². The van der Waals surface area contributed by atoms with Gasteiger partial charge in [0.15, 0.2) is 16.6 Å². The predicted octanol–water partition coefficient (Wildman–Crippen LogP) is 5.36. The molecule has 0 aliphatic carbocycles. The molecule has 0 saturated carbocycles. The summed E-state index contributed by atoms with van der Waals surface area (Å²) in [6.45, 7) is 4.69. The van der Waals surface area contributed by atoms with Gasteiger partial charge in [0.05, 0.1) is 23.5 Å². The lowest BCUT2D eigenvalue weighted by molar-refractivity contribution is -0.116. The molecule has 1 saturated heterocycles. The Morgan fingerprint density at radius 3 is 2.70 bits per heavy atom. The highest BCUT2D eigenvalue weighted by atomic mass is 32.1. The monoisotopic (exact) mass is 557 g/mol. The van der Waals surface area contributed by atoms with Gasteiger partial charge in [-0.2, -0.15) is 0 Å². The summed E-state index contributed by atoms with van der Waals surface area (Å²) in [5.74, 6) is 0.674. The van der Waals surface area contributed by atoms with E-state index in [1.165, 1.54) is 6.07 Å². The van der Waals surface area contributed by atoms with Gasteiger partial charge in [0.2, 0.25) is 12.7 Å². The average Bonchev–Trinajstić information content (AvgIpc) is 3.63. The van der Waals surface area contributed by atoms with E-state index < -0.39 is 5.82 Å². The molecule has 2 aromatic heterocycles. The standard InChI is InChI=1S/C30H28FN5O3S/c1-18-15-21(19(2)36(18)20-10-11-25-26(16-20)39-17-38-25)29-28(24-9-5-6-13-32-24)34-30(40)35(29)14-12-27(37)33-23-8-4-3-7-22(23)31/h3-11,13,15-16,28-29H,12,14,17H2,1-2H3,(H,33,37)(H,34,40)/t28-,29+/m1/s1. The van der Waals surface area contributed by atoms with Crippen molar-refractivity contribution in [3.63, 3.8) is 0 Å². The smallest absolute Gasteiger partial charge is 0.231 e. The van der Waals surface area contributed by atoms with Crippen LogP contribution in [-0.4, -0.2) is 38.8 Å². The molecule has 204 valence electrons. The fraction of sp³-hybridized carbons (Fsp3) is 0.233. The normalized spacial score (nSPS) is 17.7. The van der Waals surface area contributed by atoms with Crippen LogP contribution in [0.25, 0.3) is 5.69 Å². The van der Waals surface area contributed by atoms with Gasteiger partial charge >= 0.3 is 0 Å². The van der Waals surface area contributed by atoms with Crippen molar-refractivity contribution in [2.75, 3.05) is 18.7 Å². The molecular formula is C30H28FN5O3S. The predicted molar refractivity (Wildman–Crippen MR) is 153 cm³/mol. The maximum atomic E-state index is 14.1. The van der Waals surface area contributed by atoms with Crippen LogP contribution in [0.15, 0.2) is 72.9 Å². The molecule has 2 aliphatic heterocycles. The van der Waals surface area contributed by atoms with Gasteiger partial charge in [-0.05, 0) is 74.1 Å². The summed E-state index contributed by atoms with van der Waals surface area (Å²) in [7, 11) is 0. The number of para-hydroxylation sites is 1. The van der Waals surface area contributed by atoms with Crippen LogP contribution < -0.4 is 20.1 Å². The number of halogens is 1. The summed E-state index contributed by atoms with van der Waals surface area (Å²) >= 11 is 5.79. The van der Waals surface area contributed by atoms with Crippen molar-refractivity contribution in [3.8, 4) is 17.2 Å². The van der Waals surface area contributed by atoms with Crippen molar-refractivity contribution in [2.24, 2.45) is 0 Å². The quantitative estimate of drug-likeness (QED) is 0.296. The highest BCUT2D eigenvalue weighted by molar-refractivity contribution is 7.80. The summed E-state index contributed by atoms with van der Waals surface area (Å²) in [6, 6.07) is 19.5. The minimum atomic E-state index is -0.474. The largest absolute Gasteiger partial charge is 0.454 e. The molecule has 2 aliphatic rings. The number of aromatic nitrogens is 2. The minimum Gasteiger partial charge on any atom is -0.454 e. The summed E-state index contributed by atoms with van der Waals surface area (Å²) in [5, 5.41) is 6.64. The van der Waals surface area contributed by atoms with Crippen LogP contribution in [0.2, 0.25) is 0 Å². The topological polar surface area (TPSA) is 80.7 Å². The van der Waals surface area contributed by atoms with Crippen molar-refractivity contribution >= 4 is 28.9 Å². The Morgan fingerprint density at radius 2 is 1.90 bits per heavy atom. The number of amides is 1. The van der Waals surface area contributed by atoms with E-state index in [0.29, 0.717) is 17.4 Å². The molecule has 1 fully saturated rings. The highest BCUT2D eigenvalue weighted by Crippen LogP contribution is 2.42. The zero-order chi connectivity index (χ0) is 27.8. The molecule has 0 radical (unpaired) electrons. The number of nitrogens with one attached hydrogen (secondary N) is 2. The van der Waals surface area contributed by atoms with Gasteiger partial charge < -0.3 is 29.6 Å². The lowest BCUT2D eigenvalue weighted by Gasteiger charge is -2.28. The van der Waals surface area contributed by atoms with E-state index >= 15 is 0 Å². The second-order valence-corrected chi connectivity index (χ2v) is 10.2. The molecule has 2 aromatic carbocycles. The second-order valence-electron chi connectivity index (χ2n) is 9.80. The van der Waals surface area contributed by atoms with Gasteiger partial charge in [-0.3, -0.25) is 9.78 Å². The number of rotatable bonds is 7. The number of ether oxygens (including phenoxy) is 2. The molecule has 6 rings (SSSR count). The Bertz CT molecular complexity index is 1590. The Balaban J connectivity index is 1.33. The molecule has 0 spiro atoms. The van der Waals surface area contributed by atoms with E-state index in [2.05, 4.69) is 40.1 Å². The Kier molecular flexibility index (Phi) is 6.85. The number of carbonyl (C=O) groups excluding carboxylic acids is 1. The summed E-state index contributed by atoms with van der Waals surface area (Å²) < 4.78 is 27.4. The first-order chi connectivity index (χ1) is 19.4. The number of nitrogens with zero attached hydrogens (tertiary/aromatic N) is 3. The fourth-order valence-electron chi connectivity index (χ4n) is 5.49. The van der Waals surface area contributed by atoms with Gasteiger partial charge in [0.1, 0.15) is 5.82 Å². The summed E-state index contributed by atoms with van der Waals surface area (Å²) in [4.78, 5) is 19.5. The second kappa shape index (κ2) is 10.6. The van der Waals surface area contributed by atoms with Crippen molar-refractivity contribution in [1.29, 1.82) is 0 Å². The molecular weight excluding hydrogens is 529 g/mol. The SMILES string of the molecule is Cc1cc([C@H]2[C@@H](c3ccccn3)NC(=S)N2CCC(=O)Nc2ccccc2F)c(C)n1-c1ccc2c(c1)OCO2. The minimum absolute atomic E-state index is 0.127. The molecule has 4 aromatic rings. The van der Waals surface area contributed by atoms with E-state index in [1.54, 1.807) is 24.4 Å². The highest BCUT2D eigenvalue weighted by Gasteiger charge is 2.41. The molecule has 2 N–H and O–H groups in total. The summed E-state index contributed by atoms with van der Waals surface area (Å²) in [5.41, 5.74) is 5.11. The maximum Gasteiger partial charge on any atom is 0.231 e. The van der Waals surface area contributed by atoms with Crippen LogP contribution in [0.3, 0.4) is 0 Å². The first-order valence-corrected chi connectivity index (χ1v) is 13.4. The van der Waals surface area contributed by atoms with Gasteiger partial charge in [-0.25, -0.2) is 4.39 Å². The Labute approximate surface area is 236 Å². The first-order valence-electron chi connectivity index (χ1n) is 13.0. The number of pyridine rings is 1. The molecule has 10 heteroatoms. The number of carbonyl (C=O) groups is 1. The van der Waals surface area contributed by atoms with E-state index in [9.17, 15) is 9.18 Å². The van der Waals surface area contributed by atoms with Crippen molar-refractivity contribution in [3.05, 3.63) is 101 Å². The molecule has 1 amide bonds. The zero-order valence-corrected chi connectivity index (χ0v) is 22.9. The molecule has 0 unspecified atom stereocenters. The van der Waals surface area contributed by atoms with Crippen LogP contribution in [0, 0.1) is 19.7 Å². The number of thiocarbonyl (C=S) groups is 1. The third-order valence-electron chi connectivity index (χ3n) is 7.33. The van der Waals surface area contributed by atoms with Crippen LogP contribution >= 0.6 is 12.2 Å². The molecule has 0 bridgehead atoms. The van der Waals surface area contributed by atoms with E-state index in [1.807, 2.05) is 41.3 Å². The van der Waals surface area contributed by atoms with Crippen LogP contribution in [-0.2, 0) is 4.79 Å². The van der Waals surface area contributed by atoms with Gasteiger partial charge in [0.25, 0.3) is 0 Å². The van der Waals surface area contributed by atoms with Crippen molar-refractivity contribution in [1.82, 2.24) is 19.8 Å². The third kappa shape index (κ3) is 4.75. The van der Waals surface area contributed by atoms with Crippen LogP contribution in [0.4, 0.5) is 10.1 Å². The molecule has 40 heavy (non-hydrogen) atoms. The van der Waals surface area contributed by atoms with E-state index in [-0.39, 0.29) is 36.9 Å². The number of hydrogen-bond acceptors (Lipinski definition) is 5. The number of hydrogen-bond donors (Lipinski definition) is 2. The molecule has 4 heterocycles. The fourth-order valence-corrected chi connectivity index (χ4v) is 5.82. The Hall–Kier alpha value is -4.44. The number of fused-ring (bicyclic) bond motifs is 1. The summed E-state index contributed by atoms with van der Waals surface area (Å²) in [6.07, 6.45) is 1.89. The van der Waals surface area contributed by atoms with Gasteiger partial charge in [-0.1, -0.05) is 18.2 Å². The zero-order valence-electron chi connectivity index (χ0n) is 22.1. The average molecular weight is 558 g/mol. The third-order valence-corrected chi connectivity index (χ3v) is 7.68. The number of benzene rings is 2. The van der Waals surface area contributed by atoms with E-state index in [4.69, 9.17) is 21.7 Å². The lowest BCUT2D eigenvalue weighted by atomic mass is 9.96. The van der Waals surface area contributed by atoms with Crippen molar-refractivity contribution < 1.29 is 18.7 Å².